The number of benzene rings is 3. The maximum absolute atomic E-state index is 14.0. The van der Waals surface area contributed by atoms with E-state index in [4.69, 9.17) is 12.2 Å². The number of amides is 1. The zero-order chi connectivity index (χ0) is 21.3. The Morgan fingerprint density at radius 2 is 1.71 bits per heavy atom. The van der Waals surface area contributed by atoms with Crippen LogP contribution in [0, 0.1) is 0 Å². The molecule has 6 rings (SSSR count). The number of carbonyl (C=O) groups excluding carboxylic acids is 1. The lowest BCUT2D eigenvalue weighted by Crippen LogP contribution is -2.59. The van der Waals surface area contributed by atoms with E-state index in [0.29, 0.717) is 4.99 Å². The lowest BCUT2D eigenvalue weighted by atomic mass is 9.68. The molecule has 3 heterocycles. The fourth-order valence-electron chi connectivity index (χ4n) is 5.26. The first kappa shape index (κ1) is 18.8. The summed E-state index contributed by atoms with van der Waals surface area (Å²) in [5, 5.41) is 4.59. The van der Waals surface area contributed by atoms with Crippen molar-refractivity contribution in [1.82, 2.24) is 10.3 Å². The number of rotatable bonds is 1. The van der Waals surface area contributed by atoms with Gasteiger partial charge in [0, 0.05) is 39.6 Å². The van der Waals surface area contributed by atoms with Crippen LogP contribution in [0.5, 0.6) is 0 Å². The van der Waals surface area contributed by atoms with Gasteiger partial charge in [-0.2, -0.15) is 0 Å². The summed E-state index contributed by atoms with van der Waals surface area (Å²) in [5.41, 5.74) is 4.82. The molecule has 0 bridgehead atoms. The van der Waals surface area contributed by atoms with Crippen molar-refractivity contribution >= 4 is 55.6 Å². The lowest BCUT2D eigenvalue weighted by Gasteiger charge is -2.42. The average Bonchev–Trinajstić information content (AvgIpc) is 3.27. The molecule has 0 radical (unpaired) electrons. The van der Waals surface area contributed by atoms with Crippen LogP contribution in [0.3, 0.4) is 0 Å². The number of anilines is 1. The topological polar surface area (TPSA) is 48.1 Å². The zero-order valence-corrected chi connectivity index (χ0v) is 19.0. The highest BCUT2D eigenvalue weighted by Gasteiger charge is 2.59. The molecular formula is C25H18BrN3OS. The Kier molecular flexibility index (Phi) is 3.95. The van der Waals surface area contributed by atoms with E-state index in [9.17, 15) is 4.79 Å². The van der Waals surface area contributed by atoms with Crippen LogP contribution in [0.4, 0.5) is 5.69 Å². The third kappa shape index (κ3) is 2.34. The minimum Gasteiger partial charge on any atom is -0.356 e. The van der Waals surface area contributed by atoms with Gasteiger partial charge in [0.2, 0.25) is 0 Å². The molecule has 1 aromatic heterocycles. The Bertz CT molecular complexity index is 1410. The average molecular weight is 488 g/mol. The Labute approximate surface area is 193 Å². The first-order valence-electron chi connectivity index (χ1n) is 10.1. The van der Waals surface area contributed by atoms with E-state index >= 15 is 0 Å². The van der Waals surface area contributed by atoms with Crippen molar-refractivity contribution in [3.8, 4) is 0 Å². The van der Waals surface area contributed by atoms with Crippen LogP contribution in [-0.2, 0) is 10.3 Å². The minimum atomic E-state index is -1.02. The smallest absolute Gasteiger partial charge is 0.258 e. The summed E-state index contributed by atoms with van der Waals surface area (Å²) in [6.45, 7) is 0. The van der Waals surface area contributed by atoms with Gasteiger partial charge in [0.25, 0.3) is 5.91 Å². The number of para-hydroxylation sites is 2. The lowest BCUT2D eigenvalue weighted by molar-refractivity contribution is -0.124. The van der Waals surface area contributed by atoms with Gasteiger partial charge in [-0.15, -0.1) is 0 Å². The van der Waals surface area contributed by atoms with Crippen LogP contribution in [0.25, 0.3) is 10.9 Å². The van der Waals surface area contributed by atoms with E-state index in [2.05, 4.69) is 44.4 Å². The summed E-state index contributed by atoms with van der Waals surface area (Å²) in [5.74, 6) is -0.285. The predicted octanol–water partition coefficient (Wildman–Crippen LogP) is 5.21. The van der Waals surface area contributed by atoms with Gasteiger partial charge in [-0.25, -0.2) is 0 Å². The molecular weight excluding hydrogens is 470 g/mol. The van der Waals surface area contributed by atoms with Crippen molar-refractivity contribution < 1.29 is 4.79 Å². The molecule has 2 aliphatic rings. The normalized spacial score (nSPS) is 22.0. The van der Waals surface area contributed by atoms with Crippen molar-refractivity contribution in [1.29, 1.82) is 0 Å². The minimum absolute atomic E-state index is 0.00673. The van der Waals surface area contributed by atoms with E-state index in [1.807, 2.05) is 61.6 Å². The summed E-state index contributed by atoms with van der Waals surface area (Å²) in [6.07, 6.45) is 0. The number of nitrogens with zero attached hydrogens (tertiary/aromatic N) is 1. The first-order valence-corrected chi connectivity index (χ1v) is 11.3. The number of thiocarbonyl (C=S) groups is 1. The molecule has 152 valence electrons. The van der Waals surface area contributed by atoms with Crippen LogP contribution in [0.2, 0.25) is 0 Å². The van der Waals surface area contributed by atoms with Crippen molar-refractivity contribution in [3.05, 3.63) is 99.7 Å². The van der Waals surface area contributed by atoms with Gasteiger partial charge in [0.05, 0.1) is 5.69 Å². The second kappa shape index (κ2) is 6.52. The van der Waals surface area contributed by atoms with Crippen LogP contribution in [-0.4, -0.2) is 22.9 Å². The molecule has 4 nitrogen and oxygen atoms in total. The summed E-state index contributed by atoms with van der Waals surface area (Å²) in [7, 11) is 1.84. The molecule has 0 aliphatic carbocycles. The number of halogens is 1. The van der Waals surface area contributed by atoms with Crippen LogP contribution in [0.15, 0.2) is 77.3 Å². The molecule has 0 saturated heterocycles. The van der Waals surface area contributed by atoms with Gasteiger partial charge < -0.3 is 15.2 Å². The zero-order valence-electron chi connectivity index (χ0n) is 16.6. The van der Waals surface area contributed by atoms with E-state index in [1.54, 1.807) is 4.90 Å². The molecule has 31 heavy (non-hydrogen) atoms. The SMILES string of the molecule is CN1C(=O)C2(NC(=S)c3[nH]c4ccccc4c3C2c2ccccc2Br)c2ccccc21. The van der Waals surface area contributed by atoms with E-state index in [0.717, 1.165) is 43.4 Å². The van der Waals surface area contributed by atoms with Crippen molar-refractivity contribution in [2.24, 2.45) is 0 Å². The van der Waals surface area contributed by atoms with Gasteiger partial charge in [-0.1, -0.05) is 82.7 Å². The number of hydrogen-bond acceptors (Lipinski definition) is 2. The predicted molar refractivity (Wildman–Crippen MR) is 131 cm³/mol. The van der Waals surface area contributed by atoms with E-state index in [-0.39, 0.29) is 11.8 Å². The monoisotopic (exact) mass is 487 g/mol. The summed E-state index contributed by atoms with van der Waals surface area (Å²) in [4.78, 5) is 19.8. The number of aromatic nitrogens is 1. The summed E-state index contributed by atoms with van der Waals surface area (Å²) < 4.78 is 0.963. The highest BCUT2D eigenvalue weighted by atomic mass is 79.9. The van der Waals surface area contributed by atoms with Crippen LogP contribution < -0.4 is 10.2 Å². The fraction of sp³-hybridized carbons (Fsp3) is 0.120. The molecule has 1 amide bonds. The molecule has 2 N–H and O–H groups in total. The molecule has 0 saturated carbocycles. The van der Waals surface area contributed by atoms with Gasteiger partial charge >= 0.3 is 0 Å². The second-order valence-corrected chi connectivity index (χ2v) is 9.32. The Morgan fingerprint density at radius 3 is 2.55 bits per heavy atom. The number of carbonyl (C=O) groups is 1. The Balaban J connectivity index is 1.77. The van der Waals surface area contributed by atoms with Gasteiger partial charge in [0.1, 0.15) is 4.99 Å². The second-order valence-electron chi connectivity index (χ2n) is 8.06. The first-order chi connectivity index (χ1) is 15.0. The molecule has 2 aliphatic heterocycles. The highest BCUT2D eigenvalue weighted by molar-refractivity contribution is 9.10. The maximum atomic E-state index is 14.0. The number of hydrogen-bond donors (Lipinski definition) is 2. The number of H-pyrrole nitrogens is 1. The Morgan fingerprint density at radius 1 is 1.00 bits per heavy atom. The molecule has 2 unspecified atom stereocenters. The van der Waals surface area contributed by atoms with Crippen molar-refractivity contribution in [3.63, 3.8) is 0 Å². The van der Waals surface area contributed by atoms with E-state index in [1.165, 1.54) is 0 Å². The maximum Gasteiger partial charge on any atom is 0.258 e. The standard InChI is InChI=1S/C25H18BrN3OS/c1-29-19-13-7-4-10-16(19)25(24(29)30)21(14-8-2-5-11-17(14)26)20-15-9-3-6-12-18(15)27-22(20)23(31)28-25/h2-13,21,27H,1H3,(H,28,31). The quantitative estimate of drug-likeness (QED) is 0.362. The van der Waals surface area contributed by atoms with Crippen LogP contribution >= 0.6 is 28.1 Å². The van der Waals surface area contributed by atoms with Crippen molar-refractivity contribution in [2.45, 2.75) is 11.5 Å². The highest BCUT2D eigenvalue weighted by Crippen LogP contribution is 2.55. The number of nitrogens with one attached hydrogen (secondary N) is 2. The Hall–Kier alpha value is -2.96. The molecule has 0 fully saturated rings. The molecule has 1 spiro atoms. The summed E-state index contributed by atoms with van der Waals surface area (Å²) >= 11 is 9.60. The molecule has 6 heteroatoms. The van der Waals surface area contributed by atoms with E-state index < -0.39 is 5.54 Å². The van der Waals surface area contributed by atoms with Gasteiger partial charge in [0.15, 0.2) is 5.54 Å². The summed E-state index contributed by atoms with van der Waals surface area (Å²) in [6, 6.07) is 24.3. The fourth-order valence-corrected chi connectivity index (χ4v) is 6.09. The number of likely N-dealkylation sites (N-methyl/N-ethyl adjacent to an activating group) is 1. The largest absolute Gasteiger partial charge is 0.356 e. The van der Waals surface area contributed by atoms with Gasteiger partial charge in [-0.05, 0) is 29.3 Å². The molecule has 3 aromatic carbocycles. The van der Waals surface area contributed by atoms with Crippen LogP contribution in [0.1, 0.15) is 28.3 Å². The third-order valence-electron chi connectivity index (χ3n) is 6.55. The number of aromatic amines is 1. The van der Waals surface area contributed by atoms with Crippen molar-refractivity contribution in [2.75, 3.05) is 11.9 Å². The van der Waals surface area contributed by atoms with Gasteiger partial charge in [-0.3, -0.25) is 4.79 Å². The molecule has 4 aromatic rings. The number of fused-ring (bicyclic) bond motifs is 5. The third-order valence-corrected chi connectivity index (χ3v) is 7.58. The molecule has 2 atom stereocenters.